The van der Waals surface area contributed by atoms with Gasteiger partial charge in [0.2, 0.25) is 10.0 Å². The summed E-state index contributed by atoms with van der Waals surface area (Å²) in [6.07, 6.45) is 0. The van der Waals surface area contributed by atoms with Crippen molar-refractivity contribution in [3.05, 3.63) is 52.2 Å². The molecule has 3 N–H and O–H groups in total. The van der Waals surface area contributed by atoms with E-state index in [1.54, 1.807) is 24.1 Å². The third-order valence-corrected chi connectivity index (χ3v) is 6.25. The summed E-state index contributed by atoms with van der Waals surface area (Å²) in [5.41, 5.74) is 5.84. The SMILES string of the molecule is CN(CC(C)(C)CN)C(=O)c1cccc(S(=O)(=O)NCc2cccs2)c1.Cl. The van der Waals surface area contributed by atoms with Gasteiger partial charge in [0.25, 0.3) is 5.91 Å². The molecule has 0 saturated carbocycles. The maximum atomic E-state index is 12.6. The third kappa shape index (κ3) is 6.58. The van der Waals surface area contributed by atoms with Gasteiger partial charge in [0.05, 0.1) is 4.90 Å². The van der Waals surface area contributed by atoms with Gasteiger partial charge in [-0.05, 0) is 41.6 Å². The zero-order valence-electron chi connectivity index (χ0n) is 15.6. The van der Waals surface area contributed by atoms with Crippen LogP contribution in [0.25, 0.3) is 0 Å². The molecule has 0 radical (unpaired) electrons. The number of nitrogens with one attached hydrogen (secondary N) is 1. The van der Waals surface area contributed by atoms with Crippen LogP contribution >= 0.6 is 23.7 Å². The Morgan fingerprint density at radius 1 is 1.26 bits per heavy atom. The molecule has 6 nitrogen and oxygen atoms in total. The number of nitrogens with two attached hydrogens (primary N) is 1. The maximum Gasteiger partial charge on any atom is 0.253 e. The smallest absolute Gasteiger partial charge is 0.253 e. The van der Waals surface area contributed by atoms with Crippen LogP contribution in [0.15, 0.2) is 46.7 Å². The van der Waals surface area contributed by atoms with E-state index in [1.807, 2.05) is 31.4 Å². The molecule has 0 fully saturated rings. The summed E-state index contributed by atoms with van der Waals surface area (Å²) in [6.45, 7) is 5.11. The Hall–Kier alpha value is -1.45. The number of benzene rings is 1. The number of hydrogen-bond acceptors (Lipinski definition) is 5. The van der Waals surface area contributed by atoms with Crippen LogP contribution in [-0.2, 0) is 16.6 Å². The molecule has 27 heavy (non-hydrogen) atoms. The van der Waals surface area contributed by atoms with Crippen molar-refractivity contribution in [2.45, 2.75) is 25.3 Å². The van der Waals surface area contributed by atoms with Crippen molar-refractivity contribution >= 4 is 39.7 Å². The Kier molecular flexibility index (Phi) is 8.44. The highest BCUT2D eigenvalue weighted by Gasteiger charge is 2.23. The molecule has 1 heterocycles. The molecule has 0 aliphatic heterocycles. The van der Waals surface area contributed by atoms with Crippen molar-refractivity contribution in [3.8, 4) is 0 Å². The number of thiophene rings is 1. The maximum absolute atomic E-state index is 12.6. The molecule has 150 valence electrons. The van der Waals surface area contributed by atoms with Gasteiger partial charge in [-0.15, -0.1) is 23.7 Å². The summed E-state index contributed by atoms with van der Waals surface area (Å²) >= 11 is 1.48. The van der Waals surface area contributed by atoms with Crippen molar-refractivity contribution in [2.24, 2.45) is 11.1 Å². The van der Waals surface area contributed by atoms with Crippen LogP contribution in [0.2, 0.25) is 0 Å². The fraction of sp³-hybridized carbons (Fsp3) is 0.389. The fourth-order valence-electron chi connectivity index (χ4n) is 2.46. The van der Waals surface area contributed by atoms with Crippen LogP contribution in [0.5, 0.6) is 0 Å². The predicted octanol–water partition coefficient (Wildman–Crippen LogP) is 2.71. The number of carbonyl (C=O) groups is 1. The second kappa shape index (κ2) is 9.66. The van der Waals surface area contributed by atoms with Crippen molar-refractivity contribution < 1.29 is 13.2 Å². The highest BCUT2D eigenvalue weighted by molar-refractivity contribution is 7.89. The lowest BCUT2D eigenvalue weighted by Gasteiger charge is -2.29. The Labute approximate surface area is 171 Å². The average molecular weight is 432 g/mol. The second-order valence-corrected chi connectivity index (χ2v) is 9.76. The number of carbonyl (C=O) groups excluding carboxylic acids is 1. The Morgan fingerprint density at radius 3 is 2.56 bits per heavy atom. The summed E-state index contributed by atoms with van der Waals surface area (Å²) in [7, 11) is -2.00. The summed E-state index contributed by atoms with van der Waals surface area (Å²) in [6, 6.07) is 9.82. The predicted molar refractivity (Wildman–Crippen MR) is 112 cm³/mol. The molecule has 0 unspecified atom stereocenters. The summed E-state index contributed by atoms with van der Waals surface area (Å²) in [5, 5.41) is 1.89. The second-order valence-electron chi connectivity index (χ2n) is 6.96. The van der Waals surface area contributed by atoms with Crippen LogP contribution in [0.3, 0.4) is 0 Å². The molecule has 0 spiro atoms. The average Bonchev–Trinajstić information content (AvgIpc) is 3.13. The molecule has 2 rings (SSSR count). The first-order chi connectivity index (χ1) is 12.1. The van der Waals surface area contributed by atoms with Crippen LogP contribution < -0.4 is 10.5 Å². The molecule has 2 aromatic rings. The monoisotopic (exact) mass is 431 g/mol. The number of hydrogen-bond donors (Lipinski definition) is 2. The van der Waals surface area contributed by atoms with E-state index in [-0.39, 0.29) is 35.2 Å². The molecule has 0 atom stereocenters. The van der Waals surface area contributed by atoms with Gasteiger partial charge in [0.15, 0.2) is 0 Å². The minimum Gasteiger partial charge on any atom is -0.341 e. The lowest BCUT2D eigenvalue weighted by Crippen LogP contribution is -2.39. The van der Waals surface area contributed by atoms with E-state index >= 15 is 0 Å². The van der Waals surface area contributed by atoms with Gasteiger partial charge in [0.1, 0.15) is 0 Å². The van der Waals surface area contributed by atoms with E-state index in [0.717, 1.165) is 4.88 Å². The lowest BCUT2D eigenvalue weighted by molar-refractivity contribution is 0.0740. The van der Waals surface area contributed by atoms with Gasteiger partial charge in [-0.3, -0.25) is 4.79 Å². The van der Waals surface area contributed by atoms with Crippen molar-refractivity contribution in [3.63, 3.8) is 0 Å². The van der Waals surface area contributed by atoms with E-state index in [1.165, 1.54) is 23.5 Å². The van der Waals surface area contributed by atoms with Gasteiger partial charge >= 0.3 is 0 Å². The Balaban J connectivity index is 0.00000364. The molecule has 0 bridgehead atoms. The summed E-state index contributed by atoms with van der Waals surface area (Å²) < 4.78 is 27.6. The molecule has 9 heteroatoms. The van der Waals surface area contributed by atoms with Crippen molar-refractivity contribution in [1.82, 2.24) is 9.62 Å². The van der Waals surface area contributed by atoms with E-state index < -0.39 is 10.0 Å². The van der Waals surface area contributed by atoms with Gasteiger partial charge in [0, 0.05) is 30.6 Å². The number of sulfonamides is 1. The van der Waals surface area contributed by atoms with E-state index in [2.05, 4.69) is 4.72 Å². The minimum atomic E-state index is -3.69. The van der Waals surface area contributed by atoms with Crippen LogP contribution in [-0.4, -0.2) is 39.4 Å². The quantitative estimate of drug-likeness (QED) is 0.672. The lowest BCUT2D eigenvalue weighted by atomic mass is 9.93. The first kappa shape index (κ1) is 23.6. The van der Waals surface area contributed by atoms with Crippen LogP contribution in [0.1, 0.15) is 29.1 Å². The molecule has 0 aliphatic carbocycles. The molecule has 1 amide bonds. The molecular formula is C18H26ClN3O3S2. The molecular weight excluding hydrogens is 406 g/mol. The molecule has 1 aromatic heterocycles. The normalized spacial score (nSPS) is 11.7. The first-order valence-corrected chi connectivity index (χ1v) is 10.6. The summed E-state index contributed by atoms with van der Waals surface area (Å²) in [5.74, 6) is -0.234. The first-order valence-electron chi connectivity index (χ1n) is 8.22. The molecule has 0 saturated heterocycles. The minimum absolute atomic E-state index is 0. The van der Waals surface area contributed by atoms with Gasteiger partial charge in [-0.25, -0.2) is 13.1 Å². The van der Waals surface area contributed by atoms with Crippen molar-refractivity contribution in [2.75, 3.05) is 20.1 Å². The van der Waals surface area contributed by atoms with Gasteiger partial charge < -0.3 is 10.6 Å². The molecule has 1 aromatic carbocycles. The Morgan fingerprint density at radius 2 is 1.96 bits per heavy atom. The molecule has 0 aliphatic rings. The third-order valence-electron chi connectivity index (χ3n) is 3.97. The zero-order chi connectivity index (χ0) is 19.4. The summed E-state index contributed by atoms with van der Waals surface area (Å²) in [4.78, 5) is 15.2. The largest absolute Gasteiger partial charge is 0.341 e. The topological polar surface area (TPSA) is 92.5 Å². The van der Waals surface area contributed by atoms with Crippen LogP contribution in [0, 0.1) is 5.41 Å². The van der Waals surface area contributed by atoms with Gasteiger partial charge in [-0.2, -0.15) is 0 Å². The standard InChI is InChI=1S/C18H25N3O3S2.ClH/c1-18(2,12-19)13-21(3)17(22)14-6-4-8-16(10-14)26(23,24)20-11-15-7-5-9-25-15;/h4-10,20H,11-13,19H2,1-3H3;1H. The van der Waals surface area contributed by atoms with E-state index in [9.17, 15) is 13.2 Å². The Bertz CT molecular complexity index is 852. The highest BCUT2D eigenvalue weighted by Crippen LogP contribution is 2.18. The number of rotatable bonds is 8. The fourth-order valence-corrected chi connectivity index (χ4v) is 4.25. The number of amides is 1. The van der Waals surface area contributed by atoms with E-state index in [0.29, 0.717) is 18.7 Å². The number of halogens is 1. The van der Waals surface area contributed by atoms with Crippen LogP contribution in [0.4, 0.5) is 0 Å². The van der Waals surface area contributed by atoms with E-state index in [4.69, 9.17) is 5.73 Å². The zero-order valence-corrected chi connectivity index (χ0v) is 18.1. The van der Waals surface area contributed by atoms with Crippen molar-refractivity contribution in [1.29, 1.82) is 0 Å². The highest BCUT2D eigenvalue weighted by atomic mass is 35.5. The number of nitrogens with zero attached hydrogens (tertiary/aromatic N) is 1. The van der Waals surface area contributed by atoms with Gasteiger partial charge in [-0.1, -0.05) is 26.0 Å².